The van der Waals surface area contributed by atoms with Crippen molar-refractivity contribution in [3.8, 4) is 5.75 Å². The summed E-state index contributed by atoms with van der Waals surface area (Å²) in [7, 11) is 0. The summed E-state index contributed by atoms with van der Waals surface area (Å²) < 4.78 is 0. The van der Waals surface area contributed by atoms with Crippen molar-refractivity contribution in [2.24, 2.45) is 0 Å². The highest BCUT2D eigenvalue weighted by atomic mass is 16.3. The number of amides is 2. The first-order chi connectivity index (χ1) is 11.5. The monoisotopic (exact) mass is 320 g/mol. The van der Waals surface area contributed by atoms with E-state index < -0.39 is 0 Å². The molecule has 0 fully saturated rings. The maximum atomic E-state index is 12.3. The molecule has 24 heavy (non-hydrogen) atoms. The van der Waals surface area contributed by atoms with E-state index in [0.29, 0.717) is 11.6 Å². The number of phenols is 1. The third-order valence-corrected chi connectivity index (χ3v) is 3.92. The number of urea groups is 1. The fourth-order valence-electron chi connectivity index (χ4n) is 2.64. The minimum absolute atomic E-state index is 0.203. The van der Waals surface area contributed by atoms with Crippen molar-refractivity contribution in [1.82, 2.24) is 0 Å². The van der Waals surface area contributed by atoms with Crippen molar-refractivity contribution >= 4 is 28.2 Å². The Morgan fingerprint density at radius 3 is 2.54 bits per heavy atom. The lowest BCUT2D eigenvalue weighted by molar-refractivity contribution is 0.262. The standard InChI is InChI=1S/C20H20N2O2/c1-13(2)14-5-3-7-16(11-14)21-20(24)22-19-8-4-6-15-12-17(23)9-10-18(15)19/h3-13,23H,1-2H3,(H2,21,22,24). The summed E-state index contributed by atoms with van der Waals surface area (Å²) in [5.41, 5.74) is 2.63. The zero-order valence-electron chi connectivity index (χ0n) is 13.7. The summed E-state index contributed by atoms with van der Waals surface area (Å²) in [6.45, 7) is 4.23. The molecular formula is C20H20N2O2. The summed E-state index contributed by atoms with van der Waals surface area (Å²) in [6.07, 6.45) is 0. The van der Waals surface area contributed by atoms with Crippen molar-refractivity contribution in [2.45, 2.75) is 19.8 Å². The molecule has 122 valence electrons. The third kappa shape index (κ3) is 3.49. The molecule has 3 aromatic carbocycles. The smallest absolute Gasteiger partial charge is 0.323 e. The van der Waals surface area contributed by atoms with Gasteiger partial charge in [0.15, 0.2) is 0 Å². The molecule has 0 aliphatic carbocycles. The Bertz CT molecular complexity index is 888. The Hall–Kier alpha value is -3.01. The molecule has 3 N–H and O–H groups in total. The Balaban J connectivity index is 1.79. The van der Waals surface area contributed by atoms with E-state index in [1.165, 1.54) is 5.56 Å². The van der Waals surface area contributed by atoms with E-state index in [4.69, 9.17) is 0 Å². The molecule has 3 rings (SSSR count). The second kappa shape index (κ2) is 6.62. The second-order valence-corrected chi connectivity index (χ2v) is 6.07. The Morgan fingerprint density at radius 2 is 1.75 bits per heavy atom. The van der Waals surface area contributed by atoms with E-state index in [9.17, 15) is 9.90 Å². The molecule has 0 radical (unpaired) electrons. The van der Waals surface area contributed by atoms with Gasteiger partial charge in [0, 0.05) is 11.1 Å². The molecule has 4 nitrogen and oxygen atoms in total. The number of carbonyl (C=O) groups is 1. The number of hydrogen-bond donors (Lipinski definition) is 3. The van der Waals surface area contributed by atoms with Gasteiger partial charge in [-0.3, -0.25) is 0 Å². The van der Waals surface area contributed by atoms with Crippen LogP contribution in [0.1, 0.15) is 25.3 Å². The molecule has 0 saturated carbocycles. The lowest BCUT2D eigenvalue weighted by atomic mass is 10.0. The lowest BCUT2D eigenvalue weighted by Gasteiger charge is -2.12. The molecule has 0 unspecified atom stereocenters. The number of anilines is 2. The minimum Gasteiger partial charge on any atom is -0.508 e. The van der Waals surface area contributed by atoms with Crippen LogP contribution in [-0.4, -0.2) is 11.1 Å². The summed E-state index contributed by atoms with van der Waals surface area (Å²) in [5, 5.41) is 17.0. The highest BCUT2D eigenvalue weighted by Gasteiger charge is 2.07. The maximum absolute atomic E-state index is 12.3. The first-order valence-corrected chi connectivity index (χ1v) is 7.92. The maximum Gasteiger partial charge on any atom is 0.323 e. The fraction of sp³-hybridized carbons (Fsp3) is 0.150. The Morgan fingerprint density at radius 1 is 0.958 bits per heavy atom. The number of fused-ring (bicyclic) bond motifs is 1. The topological polar surface area (TPSA) is 61.4 Å². The summed E-state index contributed by atoms with van der Waals surface area (Å²) in [5.74, 6) is 0.607. The van der Waals surface area contributed by atoms with Crippen molar-refractivity contribution in [2.75, 3.05) is 10.6 Å². The van der Waals surface area contributed by atoms with Gasteiger partial charge in [-0.25, -0.2) is 4.79 Å². The number of nitrogens with one attached hydrogen (secondary N) is 2. The number of benzene rings is 3. The van der Waals surface area contributed by atoms with Crippen LogP contribution in [0, 0.1) is 0 Å². The van der Waals surface area contributed by atoms with Crippen LogP contribution in [-0.2, 0) is 0 Å². The van der Waals surface area contributed by atoms with E-state index in [1.54, 1.807) is 18.2 Å². The summed E-state index contributed by atoms with van der Waals surface area (Å²) in [6, 6.07) is 18.2. The van der Waals surface area contributed by atoms with Crippen LogP contribution in [0.25, 0.3) is 10.8 Å². The minimum atomic E-state index is -0.295. The molecule has 3 aromatic rings. The van der Waals surface area contributed by atoms with Gasteiger partial charge < -0.3 is 15.7 Å². The van der Waals surface area contributed by atoms with Crippen LogP contribution >= 0.6 is 0 Å². The lowest BCUT2D eigenvalue weighted by Crippen LogP contribution is -2.19. The van der Waals surface area contributed by atoms with Crippen LogP contribution in [0.2, 0.25) is 0 Å². The molecular weight excluding hydrogens is 300 g/mol. The molecule has 0 bridgehead atoms. The van der Waals surface area contributed by atoms with E-state index >= 15 is 0 Å². The van der Waals surface area contributed by atoms with Gasteiger partial charge in [0.1, 0.15) is 5.75 Å². The second-order valence-electron chi connectivity index (χ2n) is 6.07. The van der Waals surface area contributed by atoms with Crippen LogP contribution in [0.4, 0.5) is 16.2 Å². The van der Waals surface area contributed by atoms with Gasteiger partial charge in [-0.2, -0.15) is 0 Å². The number of phenolic OH excluding ortho intramolecular Hbond substituents is 1. The van der Waals surface area contributed by atoms with Crippen LogP contribution in [0.15, 0.2) is 60.7 Å². The zero-order chi connectivity index (χ0) is 17.1. The van der Waals surface area contributed by atoms with Crippen molar-refractivity contribution in [3.05, 3.63) is 66.2 Å². The molecule has 0 aromatic heterocycles. The number of hydrogen-bond acceptors (Lipinski definition) is 2. The first kappa shape index (κ1) is 15.9. The number of aromatic hydroxyl groups is 1. The van der Waals surface area contributed by atoms with Crippen LogP contribution < -0.4 is 10.6 Å². The zero-order valence-corrected chi connectivity index (χ0v) is 13.7. The molecule has 0 spiro atoms. The van der Waals surface area contributed by atoms with E-state index in [1.807, 2.05) is 42.5 Å². The number of rotatable bonds is 3. The molecule has 0 aliphatic rings. The van der Waals surface area contributed by atoms with Gasteiger partial charge >= 0.3 is 6.03 Å². The Labute approximate surface area is 141 Å². The number of carbonyl (C=O) groups excluding carboxylic acids is 1. The summed E-state index contributed by atoms with van der Waals surface area (Å²) in [4.78, 5) is 12.3. The molecule has 0 atom stereocenters. The largest absolute Gasteiger partial charge is 0.508 e. The molecule has 0 heterocycles. The van der Waals surface area contributed by atoms with Crippen molar-refractivity contribution in [1.29, 1.82) is 0 Å². The van der Waals surface area contributed by atoms with Gasteiger partial charge in [-0.05, 0) is 53.3 Å². The summed E-state index contributed by atoms with van der Waals surface area (Å²) >= 11 is 0. The van der Waals surface area contributed by atoms with Crippen LogP contribution in [0.5, 0.6) is 5.75 Å². The van der Waals surface area contributed by atoms with E-state index in [-0.39, 0.29) is 11.8 Å². The Kier molecular flexibility index (Phi) is 4.38. The normalized spacial score (nSPS) is 10.8. The average molecular weight is 320 g/mol. The molecule has 0 aliphatic heterocycles. The van der Waals surface area contributed by atoms with Gasteiger partial charge in [0.2, 0.25) is 0 Å². The predicted octanol–water partition coefficient (Wildman–Crippen LogP) is 5.31. The average Bonchev–Trinajstić information content (AvgIpc) is 2.55. The van der Waals surface area contributed by atoms with E-state index in [2.05, 4.69) is 24.5 Å². The highest BCUT2D eigenvalue weighted by Crippen LogP contribution is 2.27. The van der Waals surface area contributed by atoms with Gasteiger partial charge in [0.05, 0.1) is 5.69 Å². The third-order valence-electron chi connectivity index (χ3n) is 3.92. The quantitative estimate of drug-likeness (QED) is 0.612. The van der Waals surface area contributed by atoms with Gasteiger partial charge in [-0.15, -0.1) is 0 Å². The SMILES string of the molecule is CC(C)c1cccc(NC(=O)Nc2cccc3cc(O)ccc23)c1. The van der Waals surface area contributed by atoms with Crippen molar-refractivity contribution < 1.29 is 9.90 Å². The van der Waals surface area contributed by atoms with Crippen LogP contribution in [0.3, 0.4) is 0 Å². The van der Waals surface area contributed by atoms with Gasteiger partial charge in [-0.1, -0.05) is 38.1 Å². The molecule has 2 amide bonds. The molecule has 4 heteroatoms. The highest BCUT2D eigenvalue weighted by molar-refractivity contribution is 6.06. The van der Waals surface area contributed by atoms with E-state index in [0.717, 1.165) is 16.5 Å². The first-order valence-electron chi connectivity index (χ1n) is 7.92. The molecule has 0 saturated heterocycles. The van der Waals surface area contributed by atoms with Crippen molar-refractivity contribution in [3.63, 3.8) is 0 Å². The fourth-order valence-corrected chi connectivity index (χ4v) is 2.64. The predicted molar refractivity (Wildman–Crippen MR) is 98.8 cm³/mol. The van der Waals surface area contributed by atoms with Gasteiger partial charge in [0.25, 0.3) is 0 Å².